The van der Waals surface area contributed by atoms with Gasteiger partial charge in [0.25, 0.3) is 10.0 Å². The predicted octanol–water partition coefficient (Wildman–Crippen LogP) is 3.27. The van der Waals surface area contributed by atoms with Gasteiger partial charge in [-0.15, -0.1) is 11.3 Å². The van der Waals surface area contributed by atoms with E-state index in [9.17, 15) is 8.42 Å². The van der Waals surface area contributed by atoms with Gasteiger partial charge < -0.3 is 0 Å². The van der Waals surface area contributed by atoms with Crippen molar-refractivity contribution >= 4 is 27.4 Å². The van der Waals surface area contributed by atoms with E-state index < -0.39 is 10.0 Å². The highest BCUT2D eigenvalue weighted by molar-refractivity contribution is 7.89. The molecular formula is C15H15NO2S2. The molecule has 3 nitrogen and oxygen atoms in total. The molecule has 0 bridgehead atoms. The summed E-state index contributed by atoms with van der Waals surface area (Å²) in [6.07, 6.45) is 4.31. The van der Waals surface area contributed by atoms with Gasteiger partial charge in [-0.25, -0.2) is 8.42 Å². The average Bonchev–Trinajstić information content (AvgIpc) is 2.77. The molecule has 1 aliphatic rings. The fourth-order valence-corrected chi connectivity index (χ4v) is 4.36. The van der Waals surface area contributed by atoms with E-state index in [0.717, 1.165) is 17.5 Å². The fraction of sp³-hybridized carbons (Fsp3) is 0.200. The minimum Gasteiger partial charge on any atom is -0.273 e. The summed E-state index contributed by atoms with van der Waals surface area (Å²) in [7, 11) is -3.45. The maximum atomic E-state index is 12.6. The van der Waals surface area contributed by atoms with Crippen molar-refractivity contribution in [3.8, 4) is 0 Å². The Morgan fingerprint density at radius 3 is 2.65 bits per heavy atom. The van der Waals surface area contributed by atoms with Crippen molar-refractivity contribution in [1.82, 2.24) is 4.31 Å². The SMILES string of the molecule is Cc1ccc(S(=O)(=O)N2C=Cc3ccsc3CC2)cc1. The van der Waals surface area contributed by atoms with E-state index in [2.05, 4.69) is 0 Å². The molecule has 0 aliphatic carbocycles. The van der Waals surface area contributed by atoms with Gasteiger partial charge in [-0.1, -0.05) is 17.7 Å². The number of fused-ring (bicyclic) bond motifs is 1. The Morgan fingerprint density at radius 2 is 1.90 bits per heavy atom. The molecule has 0 saturated heterocycles. The van der Waals surface area contributed by atoms with Crippen LogP contribution in [0.1, 0.15) is 16.0 Å². The van der Waals surface area contributed by atoms with Crippen LogP contribution in [0.5, 0.6) is 0 Å². The highest BCUT2D eigenvalue weighted by atomic mass is 32.2. The number of hydrogen-bond donors (Lipinski definition) is 0. The first-order chi connectivity index (χ1) is 9.57. The highest BCUT2D eigenvalue weighted by Crippen LogP contribution is 2.25. The molecule has 2 aromatic rings. The van der Waals surface area contributed by atoms with E-state index in [4.69, 9.17) is 0 Å². The fourth-order valence-electron chi connectivity index (χ4n) is 2.20. The first-order valence-corrected chi connectivity index (χ1v) is 8.72. The zero-order chi connectivity index (χ0) is 14.2. The molecule has 0 atom stereocenters. The largest absolute Gasteiger partial charge is 0.273 e. The van der Waals surface area contributed by atoms with Crippen molar-refractivity contribution < 1.29 is 8.42 Å². The summed E-state index contributed by atoms with van der Waals surface area (Å²) in [4.78, 5) is 1.58. The molecule has 0 unspecified atom stereocenters. The van der Waals surface area contributed by atoms with Gasteiger partial charge in [0.1, 0.15) is 0 Å². The number of thiophene rings is 1. The van der Waals surface area contributed by atoms with Crippen LogP contribution in [-0.2, 0) is 16.4 Å². The number of rotatable bonds is 2. The summed E-state index contributed by atoms with van der Waals surface area (Å²) in [5.41, 5.74) is 2.18. The Kier molecular flexibility index (Phi) is 3.40. The first-order valence-electron chi connectivity index (χ1n) is 6.40. The van der Waals surface area contributed by atoms with Crippen molar-refractivity contribution in [2.75, 3.05) is 6.54 Å². The summed E-state index contributed by atoms with van der Waals surface area (Å²) in [6, 6.07) is 9.01. The quantitative estimate of drug-likeness (QED) is 0.854. The van der Waals surface area contributed by atoms with E-state index in [-0.39, 0.29) is 0 Å². The second-order valence-electron chi connectivity index (χ2n) is 4.79. The van der Waals surface area contributed by atoms with E-state index in [1.807, 2.05) is 36.6 Å². The van der Waals surface area contributed by atoms with Crippen LogP contribution in [0.25, 0.3) is 6.08 Å². The molecule has 1 aliphatic heterocycles. The van der Waals surface area contributed by atoms with E-state index >= 15 is 0 Å². The van der Waals surface area contributed by atoms with Gasteiger partial charge in [-0.2, -0.15) is 0 Å². The van der Waals surface area contributed by atoms with Crippen LogP contribution in [0, 0.1) is 6.92 Å². The number of aryl methyl sites for hydroxylation is 1. The van der Waals surface area contributed by atoms with Crippen LogP contribution in [0.3, 0.4) is 0 Å². The maximum absolute atomic E-state index is 12.6. The van der Waals surface area contributed by atoms with Crippen molar-refractivity contribution in [2.24, 2.45) is 0 Å². The number of hydrogen-bond acceptors (Lipinski definition) is 3. The normalized spacial score (nSPS) is 14.9. The molecular weight excluding hydrogens is 290 g/mol. The second kappa shape index (κ2) is 5.07. The molecule has 20 heavy (non-hydrogen) atoms. The molecule has 0 radical (unpaired) electrons. The maximum Gasteiger partial charge on any atom is 0.263 e. The third kappa shape index (κ3) is 2.39. The van der Waals surface area contributed by atoms with Crippen molar-refractivity contribution in [3.05, 3.63) is 57.9 Å². The van der Waals surface area contributed by atoms with E-state index in [0.29, 0.717) is 11.4 Å². The van der Waals surface area contributed by atoms with Crippen LogP contribution in [0.15, 0.2) is 46.8 Å². The van der Waals surface area contributed by atoms with Crippen LogP contribution in [0.2, 0.25) is 0 Å². The van der Waals surface area contributed by atoms with Gasteiger partial charge in [0.2, 0.25) is 0 Å². The van der Waals surface area contributed by atoms with Crippen molar-refractivity contribution in [1.29, 1.82) is 0 Å². The van der Waals surface area contributed by atoms with E-state index in [1.165, 1.54) is 9.18 Å². The van der Waals surface area contributed by atoms with Gasteiger partial charge in [-0.3, -0.25) is 4.31 Å². The topological polar surface area (TPSA) is 37.4 Å². The molecule has 2 heterocycles. The highest BCUT2D eigenvalue weighted by Gasteiger charge is 2.23. The lowest BCUT2D eigenvalue weighted by molar-refractivity contribution is 0.503. The summed E-state index contributed by atoms with van der Waals surface area (Å²) >= 11 is 1.68. The molecule has 0 spiro atoms. The zero-order valence-electron chi connectivity index (χ0n) is 11.1. The monoisotopic (exact) mass is 305 g/mol. The number of sulfonamides is 1. The first kappa shape index (κ1) is 13.4. The summed E-state index contributed by atoms with van der Waals surface area (Å²) in [6.45, 7) is 2.43. The lowest BCUT2D eigenvalue weighted by Gasteiger charge is -2.19. The van der Waals surface area contributed by atoms with Crippen molar-refractivity contribution in [3.63, 3.8) is 0 Å². The summed E-state index contributed by atoms with van der Waals surface area (Å²) in [5.74, 6) is 0. The smallest absolute Gasteiger partial charge is 0.263 e. The summed E-state index contributed by atoms with van der Waals surface area (Å²) < 4.78 is 26.6. The van der Waals surface area contributed by atoms with Gasteiger partial charge in [0, 0.05) is 24.0 Å². The van der Waals surface area contributed by atoms with Crippen LogP contribution >= 0.6 is 11.3 Å². The molecule has 1 aromatic heterocycles. The number of nitrogens with zero attached hydrogens (tertiary/aromatic N) is 1. The van der Waals surface area contributed by atoms with Crippen LogP contribution < -0.4 is 0 Å². The molecule has 104 valence electrons. The third-order valence-electron chi connectivity index (χ3n) is 3.39. The lowest BCUT2D eigenvalue weighted by Crippen LogP contribution is -2.27. The van der Waals surface area contributed by atoms with Gasteiger partial charge in [0.15, 0.2) is 0 Å². The molecule has 5 heteroatoms. The Labute approximate surface area is 123 Å². The Bertz CT molecular complexity index is 742. The summed E-state index contributed by atoms with van der Waals surface area (Å²) in [5, 5.41) is 2.04. The van der Waals surface area contributed by atoms with Gasteiger partial charge >= 0.3 is 0 Å². The standard InChI is InChI=1S/C15H15NO2S2/c1-12-2-4-14(5-3-12)20(17,18)16-9-6-13-8-11-19-15(13)7-10-16/h2-6,8-9,11H,7,10H2,1H3. The Hall–Kier alpha value is -1.59. The van der Waals surface area contributed by atoms with Crippen molar-refractivity contribution in [2.45, 2.75) is 18.2 Å². The molecule has 0 fully saturated rings. The molecule has 1 aromatic carbocycles. The molecule has 0 amide bonds. The average molecular weight is 305 g/mol. The lowest BCUT2D eigenvalue weighted by atomic mass is 10.2. The minimum absolute atomic E-state index is 0.345. The Morgan fingerprint density at radius 1 is 1.15 bits per heavy atom. The Balaban J connectivity index is 1.93. The number of benzene rings is 1. The molecule has 3 rings (SSSR count). The van der Waals surface area contributed by atoms with Crippen LogP contribution in [-0.4, -0.2) is 19.3 Å². The molecule has 0 saturated carbocycles. The zero-order valence-corrected chi connectivity index (χ0v) is 12.7. The molecule has 0 N–H and O–H groups in total. The van der Waals surface area contributed by atoms with Crippen LogP contribution in [0.4, 0.5) is 0 Å². The second-order valence-corrected chi connectivity index (χ2v) is 7.68. The van der Waals surface area contributed by atoms with E-state index in [1.54, 1.807) is 29.7 Å². The minimum atomic E-state index is -3.45. The predicted molar refractivity (Wildman–Crippen MR) is 82.1 cm³/mol. The van der Waals surface area contributed by atoms with Gasteiger partial charge in [-0.05, 0) is 42.1 Å². The third-order valence-corrected chi connectivity index (χ3v) is 6.17. The van der Waals surface area contributed by atoms with Gasteiger partial charge in [0.05, 0.1) is 4.90 Å².